The lowest BCUT2D eigenvalue weighted by atomic mass is 9.95. The molecule has 0 spiro atoms. The molecule has 0 radical (unpaired) electrons. The summed E-state index contributed by atoms with van der Waals surface area (Å²) in [5.74, 6) is 1.57. The molecule has 1 aliphatic rings. The number of carbonyl (C=O) groups excluding carboxylic acids is 1. The van der Waals surface area contributed by atoms with Crippen LogP contribution in [-0.2, 0) is 11.3 Å². The van der Waals surface area contributed by atoms with Crippen molar-refractivity contribution in [1.82, 2.24) is 9.88 Å². The quantitative estimate of drug-likeness (QED) is 0.863. The number of rotatable bonds is 6. The van der Waals surface area contributed by atoms with Gasteiger partial charge in [0.05, 0.1) is 6.04 Å². The van der Waals surface area contributed by atoms with E-state index in [4.69, 9.17) is 9.47 Å². The topological polar surface area (TPSA) is 69.6 Å². The molecule has 6 heteroatoms. The molecular weight excluding hydrogens is 332 g/mol. The van der Waals surface area contributed by atoms with Crippen molar-refractivity contribution in [3.8, 4) is 11.5 Å². The summed E-state index contributed by atoms with van der Waals surface area (Å²) >= 11 is 0. The number of carbonyl (C=O) groups is 1. The normalized spacial score (nSPS) is 14.1. The summed E-state index contributed by atoms with van der Waals surface area (Å²) in [7, 11) is 0. The maximum atomic E-state index is 12.4. The fourth-order valence-electron chi connectivity index (χ4n) is 3.00. The number of ether oxygens (including phenoxy) is 2. The number of nitrogens with zero attached hydrogens (tertiary/aromatic N) is 1. The first-order chi connectivity index (χ1) is 12.5. The Hall–Kier alpha value is -2.76. The van der Waals surface area contributed by atoms with Crippen molar-refractivity contribution in [2.75, 3.05) is 13.2 Å². The van der Waals surface area contributed by atoms with E-state index >= 15 is 0 Å². The lowest BCUT2D eigenvalue weighted by Gasteiger charge is -2.25. The molecule has 1 atom stereocenters. The average Bonchev–Trinajstić information content (AvgIpc) is 2.65. The van der Waals surface area contributed by atoms with Gasteiger partial charge in [0, 0.05) is 25.2 Å². The molecule has 26 heavy (non-hydrogen) atoms. The van der Waals surface area contributed by atoms with E-state index in [1.54, 1.807) is 18.3 Å². The van der Waals surface area contributed by atoms with Crippen LogP contribution in [0.4, 0.5) is 0 Å². The second kappa shape index (κ2) is 8.08. The Kier molecular flexibility index (Phi) is 5.61. The van der Waals surface area contributed by atoms with Crippen LogP contribution in [-0.4, -0.2) is 23.7 Å². The largest absolute Gasteiger partial charge is 0.486 e. The molecule has 0 bridgehead atoms. The predicted octanol–water partition coefficient (Wildman–Crippen LogP) is 2.52. The van der Waals surface area contributed by atoms with E-state index in [9.17, 15) is 9.59 Å². The summed E-state index contributed by atoms with van der Waals surface area (Å²) in [5.41, 5.74) is 0.877. The van der Waals surface area contributed by atoms with Crippen LogP contribution in [0.3, 0.4) is 0 Å². The Balaban J connectivity index is 1.67. The summed E-state index contributed by atoms with van der Waals surface area (Å²) in [6.07, 6.45) is 1.94. The van der Waals surface area contributed by atoms with Crippen molar-refractivity contribution in [3.05, 3.63) is 58.5 Å². The molecule has 1 N–H and O–H groups in total. The van der Waals surface area contributed by atoms with Gasteiger partial charge in [0.2, 0.25) is 5.91 Å². The fourth-order valence-corrected chi connectivity index (χ4v) is 3.00. The van der Waals surface area contributed by atoms with Crippen LogP contribution in [0.5, 0.6) is 11.5 Å². The Morgan fingerprint density at radius 2 is 1.92 bits per heavy atom. The van der Waals surface area contributed by atoms with Gasteiger partial charge in [-0.05, 0) is 29.7 Å². The van der Waals surface area contributed by atoms with Gasteiger partial charge in [0.25, 0.3) is 5.56 Å². The summed E-state index contributed by atoms with van der Waals surface area (Å²) in [6.45, 7) is 5.56. The molecule has 2 heterocycles. The molecule has 0 saturated carbocycles. The van der Waals surface area contributed by atoms with E-state index in [0.29, 0.717) is 25.5 Å². The predicted molar refractivity (Wildman–Crippen MR) is 98.5 cm³/mol. The summed E-state index contributed by atoms with van der Waals surface area (Å²) < 4.78 is 12.7. The molecule has 2 aromatic rings. The highest BCUT2D eigenvalue weighted by Crippen LogP contribution is 2.34. The standard InChI is InChI=1S/C20H24N2O4/c1-14(2)20(15-6-7-16-17(13-15)26-12-11-25-16)21-18(23)8-10-22-9-4-3-5-19(22)24/h3-7,9,13-14,20H,8,10-12H2,1-2H3,(H,21,23). The first kappa shape index (κ1) is 18.0. The molecule has 138 valence electrons. The lowest BCUT2D eigenvalue weighted by molar-refractivity contribution is -0.122. The molecule has 6 nitrogen and oxygen atoms in total. The van der Waals surface area contributed by atoms with Gasteiger partial charge < -0.3 is 19.4 Å². The van der Waals surface area contributed by atoms with Gasteiger partial charge in [-0.1, -0.05) is 26.0 Å². The van der Waals surface area contributed by atoms with Crippen molar-refractivity contribution < 1.29 is 14.3 Å². The Morgan fingerprint density at radius 1 is 1.15 bits per heavy atom. The average molecular weight is 356 g/mol. The lowest BCUT2D eigenvalue weighted by Crippen LogP contribution is -2.33. The van der Waals surface area contributed by atoms with Crippen molar-refractivity contribution in [3.63, 3.8) is 0 Å². The fraction of sp³-hybridized carbons (Fsp3) is 0.400. The molecule has 1 aromatic carbocycles. The number of benzene rings is 1. The second-order valence-corrected chi connectivity index (χ2v) is 6.67. The Labute approximate surface area is 152 Å². The van der Waals surface area contributed by atoms with Crippen molar-refractivity contribution >= 4 is 5.91 Å². The van der Waals surface area contributed by atoms with Crippen molar-refractivity contribution in [2.24, 2.45) is 5.92 Å². The summed E-state index contributed by atoms with van der Waals surface area (Å²) in [4.78, 5) is 24.1. The van der Waals surface area contributed by atoms with E-state index in [-0.39, 0.29) is 29.8 Å². The zero-order chi connectivity index (χ0) is 18.5. The number of fused-ring (bicyclic) bond motifs is 1. The van der Waals surface area contributed by atoms with Gasteiger partial charge in [-0.2, -0.15) is 0 Å². The van der Waals surface area contributed by atoms with E-state index in [0.717, 1.165) is 11.3 Å². The number of hydrogen-bond donors (Lipinski definition) is 1. The molecular formula is C20H24N2O4. The number of hydrogen-bond acceptors (Lipinski definition) is 4. The minimum atomic E-state index is -0.133. The molecule has 0 aliphatic carbocycles. The monoisotopic (exact) mass is 356 g/mol. The summed E-state index contributed by atoms with van der Waals surface area (Å²) in [5, 5.41) is 3.08. The van der Waals surface area contributed by atoms with Crippen LogP contribution in [0.1, 0.15) is 31.9 Å². The molecule has 0 saturated heterocycles. The first-order valence-electron chi connectivity index (χ1n) is 8.89. The number of nitrogens with one attached hydrogen (secondary N) is 1. The molecule has 1 amide bonds. The highest BCUT2D eigenvalue weighted by atomic mass is 16.6. The van der Waals surface area contributed by atoms with Crippen LogP contribution in [0.15, 0.2) is 47.4 Å². The number of amides is 1. The minimum Gasteiger partial charge on any atom is -0.486 e. The highest BCUT2D eigenvalue weighted by molar-refractivity contribution is 5.76. The maximum absolute atomic E-state index is 12.4. The minimum absolute atomic E-state index is 0.0886. The SMILES string of the molecule is CC(C)C(NC(=O)CCn1ccccc1=O)c1ccc2c(c1)OCCO2. The smallest absolute Gasteiger partial charge is 0.250 e. The van der Waals surface area contributed by atoms with Crippen LogP contribution in [0.2, 0.25) is 0 Å². The van der Waals surface area contributed by atoms with Gasteiger partial charge in [0.1, 0.15) is 13.2 Å². The zero-order valence-corrected chi connectivity index (χ0v) is 15.1. The third-order valence-corrected chi connectivity index (χ3v) is 4.39. The first-order valence-corrected chi connectivity index (χ1v) is 8.89. The van der Waals surface area contributed by atoms with E-state index in [2.05, 4.69) is 19.2 Å². The van der Waals surface area contributed by atoms with Gasteiger partial charge in [-0.3, -0.25) is 9.59 Å². The molecule has 1 aliphatic heterocycles. The van der Waals surface area contributed by atoms with Crippen LogP contribution in [0.25, 0.3) is 0 Å². The third-order valence-electron chi connectivity index (χ3n) is 4.39. The van der Waals surface area contributed by atoms with Gasteiger partial charge in [-0.15, -0.1) is 0 Å². The number of aryl methyl sites for hydroxylation is 1. The number of aromatic nitrogens is 1. The summed E-state index contributed by atoms with van der Waals surface area (Å²) in [6, 6.07) is 10.6. The van der Waals surface area contributed by atoms with Crippen molar-refractivity contribution in [2.45, 2.75) is 32.9 Å². The van der Waals surface area contributed by atoms with E-state index in [1.165, 1.54) is 10.6 Å². The van der Waals surface area contributed by atoms with Gasteiger partial charge in [0.15, 0.2) is 11.5 Å². The van der Waals surface area contributed by atoms with Gasteiger partial charge >= 0.3 is 0 Å². The maximum Gasteiger partial charge on any atom is 0.250 e. The van der Waals surface area contributed by atoms with E-state index < -0.39 is 0 Å². The second-order valence-electron chi connectivity index (χ2n) is 6.67. The zero-order valence-electron chi connectivity index (χ0n) is 15.1. The van der Waals surface area contributed by atoms with Crippen LogP contribution >= 0.6 is 0 Å². The molecule has 0 fully saturated rings. The molecule has 1 unspecified atom stereocenters. The van der Waals surface area contributed by atoms with Crippen LogP contribution in [0, 0.1) is 5.92 Å². The third kappa shape index (κ3) is 4.25. The Bertz CT molecular complexity index is 829. The Morgan fingerprint density at radius 3 is 2.65 bits per heavy atom. The van der Waals surface area contributed by atoms with E-state index in [1.807, 2.05) is 18.2 Å². The molecule has 3 rings (SSSR count). The molecule has 1 aromatic heterocycles. The number of pyridine rings is 1. The highest BCUT2D eigenvalue weighted by Gasteiger charge is 2.21. The van der Waals surface area contributed by atoms with Crippen molar-refractivity contribution in [1.29, 1.82) is 0 Å². The van der Waals surface area contributed by atoms with Gasteiger partial charge in [-0.25, -0.2) is 0 Å². The van der Waals surface area contributed by atoms with Crippen LogP contribution < -0.4 is 20.3 Å².